The van der Waals surface area contributed by atoms with Crippen LogP contribution >= 0.6 is 0 Å². The molecule has 1 heterocycles. The quantitative estimate of drug-likeness (QED) is 0.423. The van der Waals surface area contributed by atoms with Crippen LogP contribution in [0.3, 0.4) is 0 Å². The number of nitrogens with zero attached hydrogens (tertiary/aromatic N) is 1. The number of rotatable bonds is 5. The van der Waals surface area contributed by atoms with Crippen LogP contribution in [0.25, 0.3) is 0 Å². The molecule has 162 valence electrons. The highest BCUT2D eigenvalue weighted by atomic mass is 28.4. The van der Waals surface area contributed by atoms with Crippen LogP contribution in [0, 0.1) is 5.92 Å². The Labute approximate surface area is 177 Å². The van der Waals surface area contributed by atoms with Gasteiger partial charge in [-0.1, -0.05) is 32.9 Å². The van der Waals surface area contributed by atoms with Crippen molar-refractivity contribution in [3.8, 4) is 0 Å². The molecule has 8 nitrogen and oxygen atoms in total. The fourth-order valence-corrected chi connectivity index (χ4v) is 4.21. The standard InChI is InChI=1S/C21H29N3O5Si/c1-21(2,3)30(4,5)29-12-17(25)22-23-18(26)13-10-14(11-13)24-19(27)15-8-6-7-9-16(15)20(24)28/h6-9,13-14H,10-12H2,1-5H3,(H,22,25)(H,23,26)/t13-,14-. The Morgan fingerprint density at radius 2 is 1.60 bits per heavy atom. The van der Waals surface area contributed by atoms with Gasteiger partial charge in [0.05, 0.1) is 11.1 Å². The van der Waals surface area contributed by atoms with Crippen LogP contribution < -0.4 is 10.9 Å². The predicted octanol–water partition coefficient (Wildman–Crippen LogP) is 2.23. The topological polar surface area (TPSA) is 105 Å². The molecule has 1 fully saturated rings. The van der Waals surface area contributed by atoms with Gasteiger partial charge < -0.3 is 4.43 Å². The number of carbonyl (C=O) groups excluding carboxylic acids is 4. The summed E-state index contributed by atoms with van der Waals surface area (Å²) < 4.78 is 5.82. The largest absolute Gasteiger partial charge is 0.407 e. The number of nitrogens with one attached hydrogen (secondary N) is 2. The van der Waals surface area contributed by atoms with E-state index >= 15 is 0 Å². The second-order valence-electron chi connectivity index (χ2n) is 9.43. The maximum atomic E-state index is 12.5. The third kappa shape index (κ3) is 4.17. The lowest BCUT2D eigenvalue weighted by atomic mass is 9.79. The highest BCUT2D eigenvalue weighted by molar-refractivity contribution is 6.74. The molecular weight excluding hydrogens is 402 g/mol. The first kappa shape index (κ1) is 22.2. The molecule has 1 aromatic rings. The summed E-state index contributed by atoms with van der Waals surface area (Å²) in [4.78, 5) is 50.5. The minimum Gasteiger partial charge on any atom is -0.407 e. The summed E-state index contributed by atoms with van der Waals surface area (Å²) in [6.45, 7) is 10.2. The highest BCUT2D eigenvalue weighted by Gasteiger charge is 2.46. The molecule has 3 rings (SSSR count). The Morgan fingerprint density at radius 1 is 1.07 bits per heavy atom. The molecule has 1 aromatic carbocycles. The Kier molecular flexibility index (Phi) is 5.88. The first-order valence-corrected chi connectivity index (χ1v) is 13.0. The third-order valence-electron chi connectivity index (χ3n) is 6.37. The normalized spacial score (nSPS) is 21.2. The molecule has 0 aromatic heterocycles. The summed E-state index contributed by atoms with van der Waals surface area (Å²) in [5.41, 5.74) is 5.62. The maximum Gasteiger partial charge on any atom is 0.263 e. The van der Waals surface area contributed by atoms with Crippen LogP contribution in [0.5, 0.6) is 0 Å². The first-order valence-electron chi connectivity index (χ1n) is 10.1. The van der Waals surface area contributed by atoms with Gasteiger partial charge in [0.25, 0.3) is 17.7 Å². The molecular formula is C21H29N3O5Si. The number of benzene rings is 1. The molecule has 2 aliphatic rings. The zero-order valence-corrected chi connectivity index (χ0v) is 19.1. The molecule has 30 heavy (non-hydrogen) atoms. The molecule has 2 N–H and O–H groups in total. The van der Waals surface area contributed by atoms with E-state index in [1.165, 1.54) is 4.90 Å². The van der Waals surface area contributed by atoms with Crippen molar-refractivity contribution in [1.82, 2.24) is 15.8 Å². The van der Waals surface area contributed by atoms with Gasteiger partial charge in [-0.05, 0) is 43.1 Å². The van der Waals surface area contributed by atoms with E-state index in [0.717, 1.165) is 0 Å². The molecule has 9 heteroatoms. The van der Waals surface area contributed by atoms with Crippen molar-refractivity contribution in [3.05, 3.63) is 35.4 Å². The van der Waals surface area contributed by atoms with E-state index in [-0.39, 0.29) is 41.3 Å². The number of hydrazine groups is 1. The lowest BCUT2D eigenvalue weighted by molar-refractivity contribution is -0.134. The zero-order valence-electron chi connectivity index (χ0n) is 18.1. The summed E-state index contributed by atoms with van der Waals surface area (Å²) in [5.74, 6) is -1.72. The van der Waals surface area contributed by atoms with E-state index in [1.54, 1.807) is 24.3 Å². The first-order chi connectivity index (χ1) is 13.9. The molecule has 0 unspecified atom stereocenters. The van der Waals surface area contributed by atoms with Gasteiger partial charge >= 0.3 is 0 Å². The van der Waals surface area contributed by atoms with Gasteiger partial charge in [-0.2, -0.15) is 0 Å². The fraction of sp³-hybridized carbons (Fsp3) is 0.524. The Morgan fingerprint density at radius 3 is 2.10 bits per heavy atom. The molecule has 0 atom stereocenters. The number of hydrogen-bond acceptors (Lipinski definition) is 5. The molecule has 0 bridgehead atoms. The van der Waals surface area contributed by atoms with Crippen LogP contribution in [0.4, 0.5) is 0 Å². The van der Waals surface area contributed by atoms with Crippen LogP contribution in [-0.2, 0) is 14.0 Å². The summed E-state index contributed by atoms with van der Waals surface area (Å²) in [6.07, 6.45) is 0.765. The van der Waals surface area contributed by atoms with Gasteiger partial charge in [-0.15, -0.1) is 0 Å². The second-order valence-corrected chi connectivity index (χ2v) is 14.2. The van der Waals surface area contributed by atoms with Gasteiger partial charge in [0.1, 0.15) is 6.61 Å². The molecule has 4 amide bonds. The number of imide groups is 1. The van der Waals surface area contributed by atoms with Gasteiger partial charge in [0.2, 0.25) is 5.91 Å². The summed E-state index contributed by atoms with van der Waals surface area (Å²) in [7, 11) is -2.05. The summed E-state index contributed by atoms with van der Waals surface area (Å²) >= 11 is 0. The van der Waals surface area contributed by atoms with Gasteiger partial charge in [-0.3, -0.25) is 34.9 Å². The van der Waals surface area contributed by atoms with E-state index in [0.29, 0.717) is 24.0 Å². The SMILES string of the molecule is CC(C)(C)[Si](C)(C)OCC(=O)NNC(=O)[C@H]1C[C@H](N2C(=O)c3ccccc3C2=O)C1. The van der Waals surface area contributed by atoms with Crippen molar-refractivity contribution in [3.63, 3.8) is 0 Å². The molecule has 1 saturated carbocycles. The lowest BCUT2D eigenvalue weighted by Crippen LogP contribution is -2.54. The fourth-order valence-electron chi connectivity index (χ4n) is 3.28. The van der Waals surface area contributed by atoms with Crippen molar-refractivity contribution in [1.29, 1.82) is 0 Å². The molecule has 0 radical (unpaired) electrons. The minimum atomic E-state index is -2.05. The highest BCUT2D eigenvalue weighted by Crippen LogP contribution is 2.37. The van der Waals surface area contributed by atoms with E-state index < -0.39 is 14.2 Å². The average molecular weight is 432 g/mol. The van der Waals surface area contributed by atoms with Crippen LogP contribution in [-0.4, -0.2) is 49.5 Å². The zero-order chi connectivity index (χ0) is 22.3. The Bertz CT molecular complexity index is 852. The maximum absolute atomic E-state index is 12.5. The number of hydrogen-bond donors (Lipinski definition) is 2. The lowest BCUT2D eigenvalue weighted by Gasteiger charge is -2.39. The third-order valence-corrected chi connectivity index (χ3v) is 10.8. The summed E-state index contributed by atoms with van der Waals surface area (Å²) in [6, 6.07) is 6.43. The van der Waals surface area contributed by atoms with Gasteiger partial charge in [0, 0.05) is 12.0 Å². The van der Waals surface area contributed by atoms with E-state index in [2.05, 4.69) is 31.6 Å². The van der Waals surface area contributed by atoms with E-state index in [9.17, 15) is 19.2 Å². The number of fused-ring (bicyclic) bond motifs is 1. The molecule has 0 spiro atoms. The number of amides is 4. The van der Waals surface area contributed by atoms with Crippen molar-refractivity contribution < 1.29 is 23.6 Å². The predicted molar refractivity (Wildman–Crippen MR) is 113 cm³/mol. The van der Waals surface area contributed by atoms with Crippen LogP contribution in [0.15, 0.2) is 24.3 Å². The molecule has 1 aliphatic heterocycles. The minimum absolute atomic E-state index is 0.0123. The Hall–Kier alpha value is -2.52. The average Bonchev–Trinajstić information content (AvgIpc) is 2.88. The second kappa shape index (κ2) is 7.96. The van der Waals surface area contributed by atoms with Crippen molar-refractivity contribution in [2.75, 3.05) is 6.61 Å². The van der Waals surface area contributed by atoms with Crippen molar-refractivity contribution in [2.24, 2.45) is 5.92 Å². The van der Waals surface area contributed by atoms with Crippen molar-refractivity contribution in [2.45, 2.75) is 57.8 Å². The smallest absolute Gasteiger partial charge is 0.263 e. The molecule has 0 saturated heterocycles. The number of carbonyl (C=O) groups is 4. The van der Waals surface area contributed by atoms with Crippen molar-refractivity contribution >= 4 is 31.9 Å². The van der Waals surface area contributed by atoms with Crippen LogP contribution in [0.1, 0.15) is 54.3 Å². The molecule has 1 aliphatic carbocycles. The Balaban J connectivity index is 1.44. The monoisotopic (exact) mass is 431 g/mol. The van der Waals surface area contributed by atoms with Gasteiger partial charge in [-0.25, -0.2) is 0 Å². The van der Waals surface area contributed by atoms with Gasteiger partial charge in [0.15, 0.2) is 8.32 Å². The van der Waals surface area contributed by atoms with Crippen LogP contribution in [0.2, 0.25) is 18.1 Å². The van der Waals surface area contributed by atoms with E-state index in [4.69, 9.17) is 4.43 Å². The summed E-state index contributed by atoms with van der Waals surface area (Å²) in [5, 5.41) is -0.0123. The van der Waals surface area contributed by atoms with E-state index in [1.807, 2.05) is 13.1 Å².